The van der Waals surface area contributed by atoms with E-state index >= 15 is 0 Å². The molecule has 2 rings (SSSR count). The Morgan fingerprint density at radius 2 is 1.62 bits per heavy atom. The largest absolute Gasteiger partial charge is 0.356 e. The lowest BCUT2D eigenvalue weighted by molar-refractivity contribution is 0.238. The van der Waals surface area contributed by atoms with Crippen LogP contribution in [0, 0.1) is 0 Å². The summed E-state index contributed by atoms with van der Waals surface area (Å²) in [6.45, 7) is 4.25. The van der Waals surface area contributed by atoms with Crippen molar-refractivity contribution in [1.29, 1.82) is 0 Å². The Hall–Kier alpha value is -1.69. The molecule has 2 N–H and O–H groups in total. The SMILES string of the molecule is CN=C(NCCC(C)N(C)Cc1ccccc1)NCc1ccccc1S(=O)(=O)N(C)C.I. The highest BCUT2D eigenvalue weighted by Crippen LogP contribution is 2.18. The van der Waals surface area contributed by atoms with Crippen LogP contribution in [0.5, 0.6) is 0 Å². The van der Waals surface area contributed by atoms with Crippen molar-refractivity contribution in [1.82, 2.24) is 19.8 Å². The first-order valence-electron chi connectivity index (χ1n) is 10.4. The van der Waals surface area contributed by atoms with Crippen LogP contribution in [0.1, 0.15) is 24.5 Å². The maximum atomic E-state index is 12.6. The lowest BCUT2D eigenvalue weighted by Gasteiger charge is -2.25. The molecule has 0 bridgehead atoms. The van der Waals surface area contributed by atoms with Crippen molar-refractivity contribution in [2.45, 2.75) is 37.4 Å². The van der Waals surface area contributed by atoms with Crippen LogP contribution < -0.4 is 10.6 Å². The molecule has 2 aromatic rings. The minimum atomic E-state index is -3.50. The first kappa shape index (κ1) is 28.3. The van der Waals surface area contributed by atoms with Gasteiger partial charge in [0.05, 0.1) is 4.90 Å². The van der Waals surface area contributed by atoms with E-state index in [-0.39, 0.29) is 24.0 Å². The molecule has 178 valence electrons. The van der Waals surface area contributed by atoms with E-state index in [9.17, 15) is 8.42 Å². The summed E-state index contributed by atoms with van der Waals surface area (Å²) in [7, 11) is 3.42. The Morgan fingerprint density at radius 1 is 1.00 bits per heavy atom. The molecule has 0 aliphatic heterocycles. The smallest absolute Gasteiger partial charge is 0.242 e. The normalized spacial score (nSPS) is 13.0. The number of nitrogens with zero attached hydrogens (tertiary/aromatic N) is 3. The molecule has 0 aliphatic carbocycles. The minimum Gasteiger partial charge on any atom is -0.356 e. The molecule has 0 amide bonds. The van der Waals surface area contributed by atoms with Crippen LogP contribution in [0.15, 0.2) is 64.5 Å². The van der Waals surface area contributed by atoms with Crippen molar-refractivity contribution in [3.8, 4) is 0 Å². The predicted octanol–water partition coefficient (Wildman–Crippen LogP) is 3.13. The number of sulfonamides is 1. The van der Waals surface area contributed by atoms with Crippen molar-refractivity contribution in [2.75, 3.05) is 34.7 Å². The molecule has 0 saturated heterocycles. The average Bonchev–Trinajstić information content (AvgIpc) is 2.76. The summed E-state index contributed by atoms with van der Waals surface area (Å²) in [6.07, 6.45) is 0.954. The van der Waals surface area contributed by atoms with Gasteiger partial charge in [-0.25, -0.2) is 12.7 Å². The van der Waals surface area contributed by atoms with Crippen molar-refractivity contribution in [3.63, 3.8) is 0 Å². The fourth-order valence-corrected chi connectivity index (χ4v) is 4.26. The molecule has 9 heteroatoms. The third kappa shape index (κ3) is 8.34. The van der Waals surface area contributed by atoms with Crippen molar-refractivity contribution in [2.24, 2.45) is 4.99 Å². The van der Waals surface area contributed by atoms with E-state index in [4.69, 9.17) is 0 Å². The summed E-state index contributed by atoms with van der Waals surface area (Å²) in [5, 5.41) is 6.54. The fourth-order valence-electron chi connectivity index (χ4n) is 3.14. The lowest BCUT2D eigenvalue weighted by atomic mass is 10.1. The molecule has 0 saturated carbocycles. The molecule has 2 aromatic carbocycles. The van der Waals surface area contributed by atoms with Gasteiger partial charge in [-0.1, -0.05) is 48.5 Å². The van der Waals surface area contributed by atoms with Crippen molar-refractivity contribution < 1.29 is 8.42 Å². The Bertz CT molecular complexity index is 952. The summed E-state index contributed by atoms with van der Waals surface area (Å²) >= 11 is 0. The van der Waals surface area contributed by atoms with Gasteiger partial charge in [-0.2, -0.15) is 0 Å². The fraction of sp³-hybridized carbons (Fsp3) is 0.435. The van der Waals surface area contributed by atoms with Crippen molar-refractivity contribution >= 4 is 40.0 Å². The Balaban J connectivity index is 0.00000512. The Labute approximate surface area is 210 Å². The van der Waals surface area contributed by atoms with Gasteiger partial charge in [0, 0.05) is 46.8 Å². The van der Waals surface area contributed by atoms with E-state index in [1.54, 1.807) is 19.2 Å². The Morgan fingerprint density at radius 3 is 2.25 bits per heavy atom. The average molecular weight is 574 g/mol. The van der Waals surface area contributed by atoms with Gasteiger partial charge in [0.15, 0.2) is 5.96 Å². The van der Waals surface area contributed by atoms with Crippen LogP contribution in [-0.2, 0) is 23.1 Å². The lowest BCUT2D eigenvalue weighted by Crippen LogP contribution is -2.40. The Kier molecular flexibility index (Phi) is 12.2. The number of benzene rings is 2. The highest BCUT2D eigenvalue weighted by atomic mass is 127. The predicted molar refractivity (Wildman–Crippen MR) is 143 cm³/mol. The van der Waals surface area contributed by atoms with E-state index in [0.717, 1.165) is 19.5 Å². The molecular formula is C23H36IN5O2S. The number of nitrogens with one attached hydrogen (secondary N) is 2. The van der Waals surface area contributed by atoms with E-state index in [0.29, 0.717) is 29.0 Å². The summed E-state index contributed by atoms with van der Waals surface area (Å²) in [4.78, 5) is 6.89. The number of halogens is 1. The molecule has 0 fully saturated rings. The zero-order valence-electron chi connectivity index (χ0n) is 19.6. The molecule has 7 nitrogen and oxygen atoms in total. The molecule has 0 radical (unpaired) electrons. The zero-order valence-corrected chi connectivity index (χ0v) is 22.7. The van der Waals surface area contributed by atoms with Gasteiger partial charge >= 0.3 is 0 Å². The quantitative estimate of drug-likeness (QED) is 0.260. The maximum absolute atomic E-state index is 12.6. The van der Waals surface area contributed by atoms with Crippen LogP contribution in [0.3, 0.4) is 0 Å². The van der Waals surface area contributed by atoms with Crippen LogP contribution >= 0.6 is 24.0 Å². The van der Waals surface area contributed by atoms with E-state index in [1.807, 2.05) is 18.2 Å². The summed E-state index contributed by atoms with van der Waals surface area (Å²) in [5.74, 6) is 0.648. The summed E-state index contributed by atoms with van der Waals surface area (Å²) in [5.41, 5.74) is 2.00. The van der Waals surface area contributed by atoms with Gasteiger partial charge in [0.1, 0.15) is 0 Å². The first-order valence-corrected chi connectivity index (χ1v) is 11.9. The number of rotatable bonds is 10. The van der Waals surface area contributed by atoms with Crippen molar-refractivity contribution in [3.05, 3.63) is 65.7 Å². The highest BCUT2D eigenvalue weighted by molar-refractivity contribution is 14.0. The molecule has 1 unspecified atom stereocenters. The number of aliphatic imine (C=N–C) groups is 1. The highest BCUT2D eigenvalue weighted by Gasteiger charge is 2.20. The van der Waals surface area contributed by atoms with Gasteiger partial charge in [-0.3, -0.25) is 9.89 Å². The zero-order chi connectivity index (χ0) is 22.9. The molecule has 0 heterocycles. The van der Waals surface area contributed by atoms with Gasteiger partial charge in [-0.15, -0.1) is 24.0 Å². The molecule has 32 heavy (non-hydrogen) atoms. The third-order valence-corrected chi connectivity index (χ3v) is 7.20. The number of hydrogen-bond acceptors (Lipinski definition) is 4. The van der Waals surface area contributed by atoms with Crippen LogP contribution in [0.25, 0.3) is 0 Å². The molecule has 0 aromatic heterocycles. The number of guanidine groups is 1. The van der Waals surface area contributed by atoms with Gasteiger partial charge < -0.3 is 10.6 Å². The van der Waals surface area contributed by atoms with Crippen LogP contribution in [-0.4, -0.2) is 64.4 Å². The van der Waals surface area contributed by atoms with E-state index in [2.05, 4.69) is 58.8 Å². The molecule has 0 aliphatic rings. The molecule has 1 atom stereocenters. The van der Waals surface area contributed by atoms with Crippen LogP contribution in [0.4, 0.5) is 0 Å². The summed E-state index contributed by atoms with van der Waals surface area (Å²) in [6, 6.07) is 17.9. The second-order valence-electron chi connectivity index (χ2n) is 7.79. The van der Waals surface area contributed by atoms with E-state index < -0.39 is 10.0 Å². The number of hydrogen-bond donors (Lipinski definition) is 2. The summed E-state index contributed by atoms with van der Waals surface area (Å²) < 4.78 is 26.3. The minimum absolute atomic E-state index is 0. The molecular weight excluding hydrogens is 537 g/mol. The molecule has 0 spiro atoms. The second-order valence-corrected chi connectivity index (χ2v) is 9.91. The topological polar surface area (TPSA) is 77.0 Å². The van der Waals surface area contributed by atoms with Crippen LogP contribution in [0.2, 0.25) is 0 Å². The third-order valence-electron chi connectivity index (χ3n) is 5.28. The monoisotopic (exact) mass is 573 g/mol. The second kappa shape index (κ2) is 13.8. The van der Waals surface area contributed by atoms with Gasteiger partial charge in [-0.05, 0) is 37.6 Å². The standard InChI is InChI=1S/C23H35N5O2S.HI/c1-19(28(5)18-20-11-7-6-8-12-20)15-16-25-23(24-2)26-17-21-13-9-10-14-22(21)31(29,30)27(3)4;/h6-14,19H,15-18H2,1-5H3,(H2,24,25,26);1H. The van der Waals surface area contributed by atoms with E-state index in [1.165, 1.54) is 24.0 Å². The maximum Gasteiger partial charge on any atom is 0.242 e. The first-order chi connectivity index (χ1) is 14.8. The van der Waals surface area contributed by atoms with Gasteiger partial charge in [0.25, 0.3) is 0 Å². The van der Waals surface area contributed by atoms with Gasteiger partial charge in [0.2, 0.25) is 10.0 Å².